The van der Waals surface area contributed by atoms with Crippen LogP contribution in [0.4, 0.5) is 10.1 Å². The molecule has 1 N–H and O–H groups in total. The standard InChI is InChI=1S/C28H23FN2O5S/c1-30-28(32)26-19-11-18-21(31(37(2,33)34)13-20-24-23(18)25(20)24)12-22(19)36-27(26)14-3-7-16(8-4-14)35-17-9-5-15(29)6-10-17/h3-12,20,23-25H,13H2,1-2H3,(H,30,32)/t20?,23?,24-,25?/m1/s1. The van der Waals surface area contributed by atoms with E-state index in [9.17, 15) is 17.6 Å². The fraction of sp³-hybridized carbons (Fsp3) is 0.250. The number of carbonyl (C=O) groups is 1. The molecule has 37 heavy (non-hydrogen) atoms. The van der Waals surface area contributed by atoms with E-state index in [2.05, 4.69) is 5.32 Å². The van der Waals surface area contributed by atoms with Crippen molar-refractivity contribution in [3.8, 4) is 22.8 Å². The van der Waals surface area contributed by atoms with Crippen LogP contribution in [0.5, 0.6) is 11.5 Å². The van der Waals surface area contributed by atoms with Crippen LogP contribution in [0.15, 0.2) is 65.1 Å². The van der Waals surface area contributed by atoms with Crippen molar-refractivity contribution in [2.45, 2.75) is 5.92 Å². The highest BCUT2D eigenvalue weighted by Crippen LogP contribution is 2.80. The number of anilines is 1. The van der Waals surface area contributed by atoms with Crippen molar-refractivity contribution < 1.29 is 26.8 Å². The van der Waals surface area contributed by atoms with Gasteiger partial charge in [-0.2, -0.15) is 0 Å². The van der Waals surface area contributed by atoms with Gasteiger partial charge in [0.05, 0.1) is 17.5 Å². The van der Waals surface area contributed by atoms with Crippen molar-refractivity contribution in [2.75, 3.05) is 24.2 Å². The van der Waals surface area contributed by atoms with E-state index in [4.69, 9.17) is 9.15 Å². The number of fused-ring (bicyclic) bond motifs is 5. The molecule has 7 nitrogen and oxygen atoms in total. The van der Waals surface area contributed by atoms with Gasteiger partial charge in [0.1, 0.15) is 28.7 Å². The van der Waals surface area contributed by atoms with Gasteiger partial charge in [0.15, 0.2) is 0 Å². The van der Waals surface area contributed by atoms with Gasteiger partial charge in [-0.3, -0.25) is 9.10 Å². The van der Waals surface area contributed by atoms with E-state index in [0.717, 1.165) is 5.56 Å². The first-order valence-electron chi connectivity index (χ1n) is 12.1. The number of amides is 1. The minimum atomic E-state index is -3.46. The van der Waals surface area contributed by atoms with Crippen LogP contribution in [0, 0.1) is 23.6 Å². The molecule has 7 rings (SSSR count). The van der Waals surface area contributed by atoms with Crippen LogP contribution in [0.1, 0.15) is 21.8 Å². The Morgan fingerprint density at radius 2 is 1.70 bits per heavy atom. The summed E-state index contributed by atoms with van der Waals surface area (Å²) >= 11 is 0. The summed E-state index contributed by atoms with van der Waals surface area (Å²) in [5.41, 5.74) is 3.17. The Balaban J connectivity index is 1.32. The monoisotopic (exact) mass is 518 g/mol. The molecule has 0 radical (unpaired) electrons. The van der Waals surface area contributed by atoms with Gasteiger partial charge in [0, 0.05) is 30.6 Å². The molecule has 1 aromatic heterocycles. The molecule has 2 saturated carbocycles. The van der Waals surface area contributed by atoms with Gasteiger partial charge in [-0.05, 0) is 83.8 Å². The number of rotatable bonds is 5. The topological polar surface area (TPSA) is 88.8 Å². The lowest BCUT2D eigenvalue weighted by atomic mass is 9.95. The number of benzene rings is 3. The third-order valence-corrected chi connectivity index (χ3v) is 8.99. The van der Waals surface area contributed by atoms with Crippen molar-refractivity contribution in [3.05, 3.63) is 77.6 Å². The highest BCUT2D eigenvalue weighted by molar-refractivity contribution is 7.92. The van der Waals surface area contributed by atoms with E-state index in [-0.39, 0.29) is 11.7 Å². The molecular formula is C28H23FN2O5S. The molecule has 9 heteroatoms. The molecule has 0 spiro atoms. The zero-order valence-corrected chi connectivity index (χ0v) is 20.9. The van der Waals surface area contributed by atoms with Gasteiger partial charge in [0.2, 0.25) is 10.0 Å². The lowest BCUT2D eigenvalue weighted by Crippen LogP contribution is -2.32. The van der Waals surface area contributed by atoms with Crippen molar-refractivity contribution in [1.82, 2.24) is 5.32 Å². The average molecular weight is 519 g/mol. The first kappa shape index (κ1) is 22.4. The molecule has 0 saturated heterocycles. The normalized spacial score (nSPS) is 23.2. The first-order valence-corrected chi connectivity index (χ1v) is 13.9. The van der Waals surface area contributed by atoms with Crippen LogP contribution in [0.3, 0.4) is 0 Å². The van der Waals surface area contributed by atoms with Crippen LogP contribution < -0.4 is 14.4 Å². The maximum Gasteiger partial charge on any atom is 0.255 e. The minimum Gasteiger partial charge on any atom is -0.457 e. The predicted octanol–water partition coefficient (Wildman–Crippen LogP) is 5.13. The van der Waals surface area contributed by atoms with E-state index in [1.54, 1.807) is 49.5 Å². The zero-order chi connectivity index (χ0) is 25.6. The molecular weight excluding hydrogens is 495 g/mol. The molecule has 188 valence electrons. The fourth-order valence-electron chi connectivity index (χ4n) is 5.94. The molecule has 3 aromatic carbocycles. The highest BCUT2D eigenvalue weighted by Gasteiger charge is 2.75. The van der Waals surface area contributed by atoms with Crippen LogP contribution in [-0.2, 0) is 10.0 Å². The van der Waals surface area contributed by atoms with Gasteiger partial charge in [-0.15, -0.1) is 0 Å². The fourth-order valence-corrected chi connectivity index (χ4v) is 6.89. The van der Waals surface area contributed by atoms with Gasteiger partial charge in [-0.1, -0.05) is 0 Å². The third kappa shape index (κ3) is 3.44. The summed E-state index contributed by atoms with van der Waals surface area (Å²) < 4.78 is 52.0. The average Bonchev–Trinajstić information content (AvgIpc) is 3.76. The van der Waals surface area contributed by atoms with Crippen LogP contribution in [0.2, 0.25) is 0 Å². The molecule has 3 aliphatic rings. The van der Waals surface area contributed by atoms with Crippen LogP contribution >= 0.6 is 0 Å². The molecule has 3 unspecified atom stereocenters. The van der Waals surface area contributed by atoms with Crippen LogP contribution in [-0.4, -0.2) is 34.2 Å². The summed E-state index contributed by atoms with van der Waals surface area (Å²) in [4.78, 5) is 13.0. The lowest BCUT2D eigenvalue weighted by Gasteiger charge is -2.22. The minimum absolute atomic E-state index is 0.284. The van der Waals surface area contributed by atoms with Gasteiger partial charge in [-0.25, -0.2) is 12.8 Å². The van der Waals surface area contributed by atoms with E-state index in [1.807, 2.05) is 6.07 Å². The smallest absolute Gasteiger partial charge is 0.255 e. The van der Waals surface area contributed by atoms with Gasteiger partial charge >= 0.3 is 0 Å². The second kappa shape index (κ2) is 7.58. The Morgan fingerprint density at radius 3 is 2.32 bits per heavy atom. The second-order valence-corrected chi connectivity index (χ2v) is 11.9. The number of nitrogens with zero attached hydrogens (tertiary/aromatic N) is 1. The van der Waals surface area contributed by atoms with E-state index < -0.39 is 10.0 Å². The number of halogens is 1. The summed E-state index contributed by atoms with van der Waals surface area (Å²) in [7, 11) is -1.89. The van der Waals surface area contributed by atoms with Crippen molar-refractivity contribution in [2.24, 2.45) is 17.8 Å². The molecule has 1 amide bonds. The van der Waals surface area contributed by atoms with E-state index >= 15 is 0 Å². The zero-order valence-electron chi connectivity index (χ0n) is 20.1. The van der Waals surface area contributed by atoms with Gasteiger partial charge < -0.3 is 14.5 Å². The maximum absolute atomic E-state index is 13.2. The third-order valence-electron chi connectivity index (χ3n) is 7.84. The molecule has 1 aliphatic heterocycles. The Hall–Kier alpha value is -3.85. The lowest BCUT2D eigenvalue weighted by molar-refractivity contribution is 0.0964. The number of sulfonamides is 1. The summed E-state index contributed by atoms with van der Waals surface area (Å²) in [6.45, 7) is 0.495. The molecule has 4 aromatic rings. The summed E-state index contributed by atoms with van der Waals surface area (Å²) in [6.07, 6.45) is 1.23. The second-order valence-electron chi connectivity index (χ2n) is 10.0. The number of ether oxygens (including phenoxy) is 1. The number of furan rings is 1. The molecule has 2 fully saturated rings. The molecule has 4 atom stereocenters. The Kier molecular flexibility index (Phi) is 4.58. The van der Waals surface area contributed by atoms with Crippen molar-refractivity contribution in [1.29, 1.82) is 0 Å². The Morgan fingerprint density at radius 1 is 1.05 bits per heavy atom. The Bertz CT molecular complexity index is 1690. The summed E-state index contributed by atoms with van der Waals surface area (Å²) in [5.74, 6) is 2.65. The van der Waals surface area contributed by atoms with Gasteiger partial charge in [0.25, 0.3) is 5.91 Å². The highest BCUT2D eigenvalue weighted by atomic mass is 32.2. The number of hydrogen-bond donors (Lipinski definition) is 1. The quantitative estimate of drug-likeness (QED) is 0.396. The number of carbonyl (C=O) groups excluding carboxylic acids is 1. The summed E-state index contributed by atoms with van der Waals surface area (Å²) in [6, 6.07) is 16.5. The largest absolute Gasteiger partial charge is 0.457 e. The maximum atomic E-state index is 13.2. The molecule has 2 aliphatic carbocycles. The SMILES string of the molecule is CNC(=O)c1c(-c2ccc(Oc3ccc(F)cc3)cc2)oc2cc3c(cc12)C1C2C(CN3S(C)(=O)=O)[C@H]12. The van der Waals surface area contributed by atoms with Crippen LogP contribution in [0.25, 0.3) is 22.3 Å². The van der Waals surface area contributed by atoms with Crippen molar-refractivity contribution in [3.63, 3.8) is 0 Å². The molecule has 0 bridgehead atoms. The number of hydrogen-bond acceptors (Lipinski definition) is 5. The summed E-state index contributed by atoms with van der Waals surface area (Å²) in [5, 5.41) is 3.37. The van der Waals surface area contributed by atoms with E-state index in [0.29, 0.717) is 75.3 Å². The van der Waals surface area contributed by atoms with E-state index in [1.165, 1.54) is 22.7 Å². The Labute approximate surface area is 212 Å². The van der Waals surface area contributed by atoms with Crippen molar-refractivity contribution >= 4 is 32.6 Å². The first-order chi connectivity index (χ1) is 17.7. The molecule has 2 heterocycles. The predicted molar refractivity (Wildman–Crippen MR) is 137 cm³/mol. The number of nitrogens with one attached hydrogen (secondary N) is 1.